The van der Waals surface area contributed by atoms with Crippen molar-refractivity contribution < 1.29 is 19.5 Å². The average Bonchev–Trinajstić information content (AvgIpc) is 2.52. The van der Waals surface area contributed by atoms with Gasteiger partial charge in [0.25, 0.3) is 0 Å². The van der Waals surface area contributed by atoms with Gasteiger partial charge in [-0.1, -0.05) is 6.92 Å². The zero-order valence-corrected chi connectivity index (χ0v) is 10.6. The molecule has 2 aliphatic heterocycles. The summed E-state index contributed by atoms with van der Waals surface area (Å²) in [4.78, 5) is 37.5. The number of likely N-dealkylation sites (tertiary alicyclic amines) is 2. The van der Waals surface area contributed by atoms with Gasteiger partial charge in [0.15, 0.2) is 0 Å². The Morgan fingerprint density at radius 1 is 1.44 bits per heavy atom. The molecule has 2 atom stereocenters. The summed E-state index contributed by atoms with van der Waals surface area (Å²) in [7, 11) is 0. The number of rotatable bonds is 4. The lowest BCUT2D eigenvalue weighted by atomic mass is 9.86. The number of hydrogen-bond donors (Lipinski definition) is 1. The number of carboxylic acid groups (broad SMARTS) is 1. The number of carboxylic acids is 1. The van der Waals surface area contributed by atoms with Crippen LogP contribution in [0.3, 0.4) is 0 Å². The summed E-state index contributed by atoms with van der Waals surface area (Å²) in [5, 5.41) is 8.90. The minimum atomic E-state index is -0.802. The summed E-state index contributed by atoms with van der Waals surface area (Å²) in [6.07, 6.45) is 0.237. The third-order valence-electron chi connectivity index (χ3n) is 4.01. The number of amides is 2. The molecule has 0 bridgehead atoms. The van der Waals surface area contributed by atoms with Gasteiger partial charge in [-0.2, -0.15) is 0 Å². The van der Waals surface area contributed by atoms with Crippen molar-refractivity contribution in [3.05, 3.63) is 0 Å². The molecule has 2 saturated heterocycles. The molecule has 6 nitrogen and oxygen atoms in total. The van der Waals surface area contributed by atoms with Crippen molar-refractivity contribution in [1.29, 1.82) is 0 Å². The highest BCUT2D eigenvalue weighted by Gasteiger charge is 2.46. The van der Waals surface area contributed by atoms with Crippen molar-refractivity contribution in [2.75, 3.05) is 19.6 Å². The molecule has 0 aliphatic carbocycles. The molecule has 2 rings (SSSR count). The van der Waals surface area contributed by atoms with E-state index in [1.54, 1.807) is 13.8 Å². The summed E-state index contributed by atoms with van der Waals surface area (Å²) in [6, 6.07) is -0.366. The van der Waals surface area contributed by atoms with Crippen molar-refractivity contribution in [3.8, 4) is 0 Å². The molecule has 0 spiro atoms. The van der Waals surface area contributed by atoms with Crippen LogP contribution in [0.4, 0.5) is 0 Å². The molecule has 0 aromatic carbocycles. The fourth-order valence-electron chi connectivity index (χ4n) is 2.60. The van der Waals surface area contributed by atoms with Crippen LogP contribution in [-0.2, 0) is 14.4 Å². The molecule has 0 saturated carbocycles. The van der Waals surface area contributed by atoms with E-state index in [9.17, 15) is 14.4 Å². The Morgan fingerprint density at radius 2 is 2.06 bits per heavy atom. The van der Waals surface area contributed by atoms with Crippen molar-refractivity contribution in [1.82, 2.24) is 9.80 Å². The largest absolute Gasteiger partial charge is 0.481 e. The maximum Gasteiger partial charge on any atom is 0.306 e. The van der Waals surface area contributed by atoms with Crippen LogP contribution in [0.25, 0.3) is 0 Å². The second-order valence-electron chi connectivity index (χ2n) is 5.04. The Labute approximate surface area is 106 Å². The maximum atomic E-state index is 11.9. The molecule has 2 fully saturated rings. The molecule has 0 aromatic rings. The molecule has 1 N–H and O–H groups in total. The fourth-order valence-corrected chi connectivity index (χ4v) is 2.60. The van der Waals surface area contributed by atoms with E-state index in [4.69, 9.17) is 5.11 Å². The third kappa shape index (κ3) is 2.01. The van der Waals surface area contributed by atoms with Crippen LogP contribution in [-0.4, -0.2) is 58.4 Å². The van der Waals surface area contributed by atoms with Crippen LogP contribution >= 0.6 is 0 Å². The Kier molecular flexibility index (Phi) is 3.38. The number of hydrogen-bond acceptors (Lipinski definition) is 4. The van der Waals surface area contributed by atoms with E-state index in [-0.39, 0.29) is 30.2 Å². The smallest absolute Gasteiger partial charge is 0.306 e. The third-order valence-corrected chi connectivity index (χ3v) is 4.01. The highest BCUT2D eigenvalue weighted by molar-refractivity contribution is 6.05. The van der Waals surface area contributed by atoms with Crippen LogP contribution in [0.5, 0.6) is 0 Å². The fraction of sp³-hybridized carbons (Fsp3) is 0.750. The highest BCUT2D eigenvalue weighted by Crippen LogP contribution is 2.30. The van der Waals surface area contributed by atoms with Gasteiger partial charge in [0, 0.05) is 19.6 Å². The number of nitrogens with zero attached hydrogens (tertiary/aromatic N) is 2. The summed E-state index contributed by atoms with van der Waals surface area (Å²) >= 11 is 0. The number of likely N-dealkylation sites (N-methyl/N-ethyl adjacent to an activating group) is 1. The minimum Gasteiger partial charge on any atom is -0.481 e. The van der Waals surface area contributed by atoms with Gasteiger partial charge in [-0.05, 0) is 12.8 Å². The number of carbonyl (C=O) groups is 3. The Hall–Kier alpha value is -1.43. The van der Waals surface area contributed by atoms with Gasteiger partial charge in [0.2, 0.25) is 11.8 Å². The average molecular weight is 254 g/mol. The van der Waals surface area contributed by atoms with Gasteiger partial charge in [-0.25, -0.2) is 0 Å². The van der Waals surface area contributed by atoms with Crippen molar-refractivity contribution in [2.24, 2.45) is 11.8 Å². The second kappa shape index (κ2) is 4.68. The van der Waals surface area contributed by atoms with Crippen LogP contribution < -0.4 is 0 Å². The first kappa shape index (κ1) is 13.0. The summed E-state index contributed by atoms with van der Waals surface area (Å²) < 4.78 is 0. The molecular weight excluding hydrogens is 236 g/mol. The molecule has 18 heavy (non-hydrogen) atoms. The molecule has 6 heteroatoms. The lowest BCUT2D eigenvalue weighted by Crippen LogP contribution is -2.57. The zero-order chi connectivity index (χ0) is 13.4. The van der Waals surface area contributed by atoms with Crippen molar-refractivity contribution in [2.45, 2.75) is 26.3 Å². The van der Waals surface area contributed by atoms with E-state index in [0.717, 1.165) is 0 Å². The molecule has 0 aromatic heterocycles. The molecule has 2 amide bonds. The lowest BCUT2D eigenvalue weighted by molar-refractivity contribution is -0.146. The van der Waals surface area contributed by atoms with E-state index in [0.29, 0.717) is 19.6 Å². The maximum absolute atomic E-state index is 11.9. The predicted molar refractivity (Wildman–Crippen MR) is 62.7 cm³/mol. The number of aliphatic carboxylic acids is 1. The van der Waals surface area contributed by atoms with E-state index < -0.39 is 11.9 Å². The first-order valence-corrected chi connectivity index (χ1v) is 6.26. The van der Waals surface area contributed by atoms with Gasteiger partial charge in [0.05, 0.1) is 18.4 Å². The van der Waals surface area contributed by atoms with Gasteiger partial charge >= 0.3 is 5.97 Å². The van der Waals surface area contributed by atoms with Gasteiger partial charge in [-0.3, -0.25) is 24.2 Å². The predicted octanol–water partition coefficient (Wildman–Crippen LogP) is -0.214. The summed E-state index contributed by atoms with van der Waals surface area (Å²) in [5.74, 6) is -1.37. The molecule has 2 heterocycles. The quantitative estimate of drug-likeness (QED) is 0.702. The second-order valence-corrected chi connectivity index (χ2v) is 5.04. The normalized spacial score (nSPS) is 27.4. The van der Waals surface area contributed by atoms with E-state index in [2.05, 4.69) is 0 Å². The topological polar surface area (TPSA) is 77.9 Å². The molecule has 2 unspecified atom stereocenters. The first-order chi connectivity index (χ1) is 8.45. The van der Waals surface area contributed by atoms with Gasteiger partial charge in [0.1, 0.15) is 0 Å². The van der Waals surface area contributed by atoms with Gasteiger partial charge < -0.3 is 5.11 Å². The van der Waals surface area contributed by atoms with E-state index in [1.807, 2.05) is 4.90 Å². The monoisotopic (exact) mass is 254 g/mol. The standard InChI is InChI=1S/C12H18N2O4/c1-3-14-10(15)4-9(11(14)16)13-5-8(6-13)7(2)12(17)18/h7-9H,3-6H2,1-2H3,(H,17,18). The number of carbonyl (C=O) groups excluding carboxylic acids is 2. The Bertz CT molecular complexity index is 390. The van der Waals surface area contributed by atoms with Crippen LogP contribution in [0.15, 0.2) is 0 Å². The molecule has 0 radical (unpaired) electrons. The zero-order valence-electron chi connectivity index (χ0n) is 10.6. The summed E-state index contributed by atoms with van der Waals surface area (Å²) in [6.45, 7) is 5.06. The molecule has 2 aliphatic rings. The van der Waals surface area contributed by atoms with Crippen LogP contribution in [0, 0.1) is 11.8 Å². The first-order valence-electron chi connectivity index (χ1n) is 6.26. The Morgan fingerprint density at radius 3 is 2.50 bits per heavy atom. The molecule has 100 valence electrons. The van der Waals surface area contributed by atoms with Gasteiger partial charge in [-0.15, -0.1) is 0 Å². The van der Waals surface area contributed by atoms with Crippen LogP contribution in [0.2, 0.25) is 0 Å². The SMILES string of the molecule is CCN1C(=O)CC(N2CC(C(C)C(=O)O)C2)C1=O. The van der Waals surface area contributed by atoms with E-state index >= 15 is 0 Å². The van der Waals surface area contributed by atoms with Crippen molar-refractivity contribution >= 4 is 17.8 Å². The number of imide groups is 1. The molecular formula is C12H18N2O4. The van der Waals surface area contributed by atoms with Crippen molar-refractivity contribution in [3.63, 3.8) is 0 Å². The van der Waals surface area contributed by atoms with Crippen LogP contribution in [0.1, 0.15) is 20.3 Å². The summed E-state index contributed by atoms with van der Waals surface area (Å²) in [5.41, 5.74) is 0. The Balaban J connectivity index is 1.92. The lowest BCUT2D eigenvalue weighted by Gasteiger charge is -2.43. The minimum absolute atomic E-state index is 0.0843. The highest BCUT2D eigenvalue weighted by atomic mass is 16.4. The van der Waals surface area contributed by atoms with E-state index in [1.165, 1.54) is 4.90 Å².